The van der Waals surface area contributed by atoms with Crippen LogP contribution in [0.1, 0.15) is 21.7 Å². The lowest BCUT2D eigenvalue weighted by Crippen LogP contribution is -2.05. The number of pyridine rings is 1. The highest BCUT2D eigenvalue weighted by molar-refractivity contribution is 6.36. The first-order valence-electron chi connectivity index (χ1n) is 5.01. The van der Waals surface area contributed by atoms with E-state index in [0.29, 0.717) is 21.3 Å². The lowest BCUT2D eigenvalue weighted by Gasteiger charge is -2.04. The maximum Gasteiger partial charge on any atom is 0.212 e. The topological polar surface area (TPSA) is 30.0 Å². The summed E-state index contributed by atoms with van der Waals surface area (Å²) >= 11 is 11.8. The molecule has 4 heteroatoms. The molecule has 86 valence electrons. The summed E-state index contributed by atoms with van der Waals surface area (Å²) in [4.78, 5) is 16.3. The molecule has 0 aliphatic carbocycles. The molecule has 1 aromatic carbocycles. The molecule has 2 nitrogen and oxygen atoms in total. The fraction of sp³-hybridized carbons (Fsp3) is 0.0769. The van der Waals surface area contributed by atoms with Gasteiger partial charge in [0.05, 0.1) is 5.02 Å². The monoisotopic (exact) mass is 265 g/mol. The molecule has 0 saturated carbocycles. The Kier molecular flexibility index (Phi) is 3.46. The van der Waals surface area contributed by atoms with E-state index in [9.17, 15) is 4.79 Å². The fourth-order valence-electron chi connectivity index (χ4n) is 1.48. The molecule has 17 heavy (non-hydrogen) atoms. The van der Waals surface area contributed by atoms with Crippen molar-refractivity contribution in [3.63, 3.8) is 0 Å². The number of nitrogens with zero attached hydrogens (tertiary/aromatic N) is 1. The van der Waals surface area contributed by atoms with Crippen molar-refractivity contribution in [3.05, 3.63) is 63.4 Å². The van der Waals surface area contributed by atoms with Gasteiger partial charge in [-0.3, -0.25) is 4.79 Å². The van der Waals surface area contributed by atoms with Gasteiger partial charge in [-0.05, 0) is 37.3 Å². The number of ketones is 1. The van der Waals surface area contributed by atoms with Crippen LogP contribution < -0.4 is 0 Å². The number of halogens is 2. The Balaban J connectivity index is 2.47. The molecule has 1 heterocycles. The van der Waals surface area contributed by atoms with Crippen LogP contribution in [0.25, 0.3) is 0 Å². The summed E-state index contributed by atoms with van der Waals surface area (Å²) in [7, 11) is 0. The summed E-state index contributed by atoms with van der Waals surface area (Å²) in [5.41, 5.74) is 1.53. The normalized spacial score (nSPS) is 10.3. The molecule has 0 saturated heterocycles. The van der Waals surface area contributed by atoms with Crippen LogP contribution >= 0.6 is 23.2 Å². The number of benzene rings is 1. The van der Waals surface area contributed by atoms with Crippen molar-refractivity contribution in [2.75, 3.05) is 0 Å². The number of hydrogen-bond acceptors (Lipinski definition) is 2. The van der Waals surface area contributed by atoms with E-state index >= 15 is 0 Å². The average molecular weight is 266 g/mol. The van der Waals surface area contributed by atoms with Crippen LogP contribution in [-0.4, -0.2) is 10.8 Å². The van der Waals surface area contributed by atoms with Crippen molar-refractivity contribution in [1.29, 1.82) is 0 Å². The van der Waals surface area contributed by atoms with Crippen LogP contribution in [0.5, 0.6) is 0 Å². The van der Waals surface area contributed by atoms with Gasteiger partial charge in [-0.2, -0.15) is 0 Å². The zero-order valence-electron chi connectivity index (χ0n) is 9.08. The number of aryl methyl sites for hydroxylation is 1. The molecule has 0 spiro atoms. The van der Waals surface area contributed by atoms with Gasteiger partial charge >= 0.3 is 0 Å². The molecule has 0 N–H and O–H groups in total. The quantitative estimate of drug-likeness (QED) is 0.771. The van der Waals surface area contributed by atoms with Gasteiger partial charge in [-0.25, -0.2) is 4.98 Å². The highest BCUT2D eigenvalue weighted by atomic mass is 35.5. The summed E-state index contributed by atoms with van der Waals surface area (Å²) in [6, 6.07) is 10.1. The third-order valence-electron chi connectivity index (χ3n) is 2.29. The second-order valence-corrected chi connectivity index (χ2v) is 4.46. The molecular weight excluding hydrogens is 257 g/mol. The molecule has 0 bridgehead atoms. The molecule has 0 fully saturated rings. The molecule has 0 atom stereocenters. The average Bonchev–Trinajstić information content (AvgIpc) is 2.31. The Labute approximate surface area is 109 Å². The zero-order chi connectivity index (χ0) is 12.4. The molecule has 0 aliphatic rings. The van der Waals surface area contributed by atoms with E-state index in [0.717, 1.165) is 5.69 Å². The Hall–Kier alpha value is -1.38. The number of aromatic nitrogens is 1. The van der Waals surface area contributed by atoms with Crippen LogP contribution in [0.4, 0.5) is 0 Å². The van der Waals surface area contributed by atoms with Crippen molar-refractivity contribution in [2.45, 2.75) is 6.92 Å². The van der Waals surface area contributed by atoms with Gasteiger partial charge in [-0.1, -0.05) is 29.3 Å². The molecule has 2 aromatic rings. The molecule has 1 aromatic heterocycles. The van der Waals surface area contributed by atoms with Gasteiger partial charge < -0.3 is 0 Å². The second-order valence-electron chi connectivity index (χ2n) is 3.62. The highest BCUT2D eigenvalue weighted by Gasteiger charge is 2.14. The van der Waals surface area contributed by atoms with E-state index in [1.807, 2.05) is 13.0 Å². The maximum absolute atomic E-state index is 12.2. The van der Waals surface area contributed by atoms with Crippen LogP contribution in [0.2, 0.25) is 10.0 Å². The minimum absolute atomic E-state index is 0.221. The highest BCUT2D eigenvalue weighted by Crippen LogP contribution is 2.22. The van der Waals surface area contributed by atoms with E-state index in [1.165, 1.54) is 0 Å². The molecular formula is C13H9Cl2NO. The first kappa shape index (κ1) is 12.1. The molecule has 2 rings (SSSR count). The number of rotatable bonds is 2. The van der Waals surface area contributed by atoms with Gasteiger partial charge in [-0.15, -0.1) is 0 Å². The van der Waals surface area contributed by atoms with E-state index in [1.54, 1.807) is 30.3 Å². The smallest absolute Gasteiger partial charge is 0.212 e. The number of hydrogen-bond donors (Lipinski definition) is 0. The summed E-state index contributed by atoms with van der Waals surface area (Å²) in [6.07, 6.45) is 0. The minimum atomic E-state index is -0.221. The maximum atomic E-state index is 12.2. The third kappa shape index (κ3) is 2.65. The van der Waals surface area contributed by atoms with Gasteiger partial charge in [0, 0.05) is 16.3 Å². The molecule has 0 radical (unpaired) electrons. The van der Waals surface area contributed by atoms with E-state index < -0.39 is 0 Å². The van der Waals surface area contributed by atoms with Crippen LogP contribution in [0, 0.1) is 6.92 Å². The SMILES string of the molecule is Cc1cccc(C(=O)c2cc(Cl)ccc2Cl)n1. The van der Waals surface area contributed by atoms with Gasteiger partial charge in [0.15, 0.2) is 0 Å². The molecule has 0 unspecified atom stereocenters. The van der Waals surface area contributed by atoms with Gasteiger partial charge in [0.25, 0.3) is 0 Å². The van der Waals surface area contributed by atoms with Crippen molar-refractivity contribution < 1.29 is 4.79 Å². The first-order valence-corrected chi connectivity index (χ1v) is 5.77. The summed E-state index contributed by atoms with van der Waals surface area (Å²) < 4.78 is 0. The number of carbonyl (C=O) groups excluding carboxylic acids is 1. The van der Waals surface area contributed by atoms with E-state index in [4.69, 9.17) is 23.2 Å². The van der Waals surface area contributed by atoms with Crippen molar-refractivity contribution in [2.24, 2.45) is 0 Å². The van der Waals surface area contributed by atoms with Crippen molar-refractivity contribution in [1.82, 2.24) is 4.98 Å². The zero-order valence-corrected chi connectivity index (χ0v) is 10.6. The van der Waals surface area contributed by atoms with E-state index in [2.05, 4.69) is 4.98 Å². The standard InChI is InChI=1S/C13H9Cl2NO/c1-8-3-2-4-12(16-8)13(17)10-7-9(14)5-6-11(10)15/h2-7H,1H3. The second kappa shape index (κ2) is 4.86. The lowest BCUT2D eigenvalue weighted by atomic mass is 10.1. The fourth-order valence-corrected chi connectivity index (χ4v) is 1.85. The number of carbonyl (C=O) groups is 1. The third-order valence-corrected chi connectivity index (χ3v) is 2.86. The summed E-state index contributed by atoms with van der Waals surface area (Å²) in [5, 5.41) is 0.855. The lowest BCUT2D eigenvalue weighted by molar-refractivity contribution is 0.103. The molecule has 0 amide bonds. The van der Waals surface area contributed by atoms with Gasteiger partial charge in [0.1, 0.15) is 5.69 Å². The Morgan fingerprint density at radius 1 is 1.18 bits per heavy atom. The molecule has 0 aliphatic heterocycles. The predicted molar refractivity (Wildman–Crippen MR) is 68.9 cm³/mol. The van der Waals surface area contributed by atoms with Crippen molar-refractivity contribution >= 4 is 29.0 Å². The summed E-state index contributed by atoms with van der Waals surface area (Å²) in [5.74, 6) is -0.221. The van der Waals surface area contributed by atoms with Crippen LogP contribution in [0.3, 0.4) is 0 Å². The summed E-state index contributed by atoms with van der Waals surface area (Å²) in [6.45, 7) is 1.83. The van der Waals surface area contributed by atoms with E-state index in [-0.39, 0.29) is 5.78 Å². The first-order chi connectivity index (χ1) is 8.08. The minimum Gasteiger partial charge on any atom is -0.287 e. The van der Waals surface area contributed by atoms with Crippen LogP contribution in [-0.2, 0) is 0 Å². The predicted octanol–water partition coefficient (Wildman–Crippen LogP) is 3.93. The Bertz CT molecular complexity index is 581. The Morgan fingerprint density at radius 3 is 2.65 bits per heavy atom. The Morgan fingerprint density at radius 2 is 1.94 bits per heavy atom. The van der Waals surface area contributed by atoms with Gasteiger partial charge in [0.2, 0.25) is 5.78 Å². The van der Waals surface area contributed by atoms with Crippen molar-refractivity contribution in [3.8, 4) is 0 Å². The van der Waals surface area contributed by atoms with Crippen LogP contribution in [0.15, 0.2) is 36.4 Å². The largest absolute Gasteiger partial charge is 0.287 e.